The molecule has 0 bridgehead atoms. The molecule has 2 heterocycles. The first kappa shape index (κ1) is 24.2. The highest BCUT2D eigenvalue weighted by molar-refractivity contribution is 6.14. The van der Waals surface area contributed by atoms with E-state index in [2.05, 4.69) is 5.32 Å². The van der Waals surface area contributed by atoms with Gasteiger partial charge in [-0.2, -0.15) is 0 Å². The molecule has 1 atom stereocenters. The zero-order valence-corrected chi connectivity index (χ0v) is 21.4. The van der Waals surface area contributed by atoms with Gasteiger partial charge >= 0.3 is 0 Å². The van der Waals surface area contributed by atoms with Crippen molar-refractivity contribution >= 4 is 28.4 Å². The largest absolute Gasteiger partial charge is 0.497 e. The van der Waals surface area contributed by atoms with E-state index in [-0.39, 0.29) is 17.9 Å². The van der Waals surface area contributed by atoms with Crippen LogP contribution in [-0.4, -0.2) is 42.2 Å². The van der Waals surface area contributed by atoms with Crippen molar-refractivity contribution in [3.05, 3.63) is 54.2 Å². The SMILES string of the molecule is COc1cccc(N2C(=O)c3cc4ccc(OC)cc4n3CC2(C)C(=O)NC2CCCCCCC2)c1. The number of nitrogens with one attached hydrogen (secondary N) is 1. The Morgan fingerprint density at radius 2 is 1.64 bits per heavy atom. The van der Waals surface area contributed by atoms with Gasteiger partial charge in [-0.25, -0.2) is 0 Å². The second-order valence-electron chi connectivity index (χ2n) is 10.2. The van der Waals surface area contributed by atoms with Gasteiger partial charge in [0.1, 0.15) is 22.7 Å². The first-order valence-corrected chi connectivity index (χ1v) is 12.9. The van der Waals surface area contributed by atoms with Gasteiger partial charge < -0.3 is 19.4 Å². The quantitative estimate of drug-likeness (QED) is 0.527. The Balaban J connectivity index is 1.59. The van der Waals surface area contributed by atoms with Crippen LogP contribution in [0.3, 0.4) is 0 Å². The molecule has 2 amide bonds. The van der Waals surface area contributed by atoms with Gasteiger partial charge in [0.05, 0.1) is 26.3 Å². The minimum absolute atomic E-state index is 0.125. The summed E-state index contributed by atoms with van der Waals surface area (Å²) in [4.78, 5) is 29.8. The van der Waals surface area contributed by atoms with Gasteiger partial charge in [0.2, 0.25) is 5.91 Å². The highest BCUT2D eigenvalue weighted by atomic mass is 16.5. The van der Waals surface area contributed by atoms with E-state index >= 15 is 0 Å². The number of hydrogen-bond donors (Lipinski definition) is 1. The van der Waals surface area contributed by atoms with Crippen molar-refractivity contribution in [2.24, 2.45) is 0 Å². The molecule has 0 spiro atoms. The average Bonchev–Trinajstić information content (AvgIpc) is 3.23. The Morgan fingerprint density at radius 1 is 0.944 bits per heavy atom. The highest BCUT2D eigenvalue weighted by Crippen LogP contribution is 2.38. The van der Waals surface area contributed by atoms with E-state index in [1.54, 1.807) is 19.1 Å². The zero-order chi connectivity index (χ0) is 25.3. The third-order valence-corrected chi connectivity index (χ3v) is 7.73. The molecule has 1 saturated carbocycles. The van der Waals surface area contributed by atoms with Crippen molar-refractivity contribution in [1.82, 2.24) is 9.88 Å². The number of carbonyl (C=O) groups is 2. The Morgan fingerprint density at radius 3 is 2.36 bits per heavy atom. The van der Waals surface area contributed by atoms with Crippen molar-refractivity contribution in [1.29, 1.82) is 0 Å². The predicted octanol–water partition coefficient (Wildman–Crippen LogP) is 5.31. The van der Waals surface area contributed by atoms with Crippen LogP contribution >= 0.6 is 0 Å². The number of rotatable bonds is 5. The maximum Gasteiger partial charge on any atom is 0.275 e. The predicted molar refractivity (Wildman–Crippen MR) is 141 cm³/mol. The molecule has 7 heteroatoms. The first-order valence-electron chi connectivity index (χ1n) is 12.9. The maximum atomic E-state index is 14.1. The van der Waals surface area contributed by atoms with Crippen LogP contribution in [-0.2, 0) is 11.3 Å². The molecule has 0 saturated heterocycles. The van der Waals surface area contributed by atoms with Crippen molar-refractivity contribution in [3.8, 4) is 11.5 Å². The third-order valence-electron chi connectivity index (χ3n) is 7.73. The van der Waals surface area contributed by atoms with Gasteiger partial charge in [-0.3, -0.25) is 14.5 Å². The van der Waals surface area contributed by atoms with Crippen LogP contribution in [0.5, 0.6) is 11.5 Å². The second-order valence-corrected chi connectivity index (χ2v) is 10.2. The zero-order valence-electron chi connectivity index (χ0n) is 21.4. The lowest BCUT2D eigenvalue weighted by Gasteiger charge is -2.44. The van der Waals surface area contributed by atoms with Gasteiger partial charge in [-0.1, -0.05) is 38.2 Å². The van der Waals surface area contributed by atoms with Crippen molar-refractivity contribution < 1.29 is 19.1 Å². The molecule has 1 aromatic heterocycles. The fraction of sp³-hybridized carbons (Fsp3) is 0.448. The van der Waals surface area contributed by atoms with E-state index in [0.717, 1.165) is 36.6 Å². The number of amides is 2. The molecule has 1 fully saturated rings. The standard InChI is InChI=1S/C29H35N3O4/c1-29(28(34)30-21-10-7-5-4-6-8-11-21)19-31-25-18-24(36-3)15-14-20(25)16-26(31)27(33)32(29)22-12-9-13-23(17-22)35-2/h9,12-18,21H,4-8,10-11,19H2,1-3H3,(H,30,34). The van der Waals surface area contributed by atoms with Crippen LogP contribution in [0.25, 0.3) is 10.9 Å². The van der Waals surface area contributed by atoms with Crippen molar-refractivity contribution in [2.75, 3.05) is 19.1 Å². The molecule has 36 heavy (non-hydrogen) atoms. The number of hydrogen-bond acceptors (Lipinski definition) is 4. The average molecular weight is 490 g/mol. The van der Waals surface area contributed by atoms with Gasteiger partial charge in [0.15, 0.2) is 0 Å². The van der Waals surface area contributed by atoms with E-state index in [1.165, 1.54) is 19.3 Å². The fourth-order valence-electron chi connectivity index (χ4n) is 5.69. The molecule has 1 unspecified atom stereocenters. The number of nitrogens with zero attached hydrogens (tertiary/aromatic N) is 2. The molecule has 7 nitrogen and oxygen atoms in total. The van der Waals surface area contributed by atoms with E-state index in [9.17, 15) is 9.59 Å². The first-order chi connectivity index (χ1) is 17.4. The molecule has 5 rings (SSSR count). The molecular formula is C29H35N3O4. The third kappa shape index (κ3) is 4.31. The van der Waals surface area contributed by atoms with E-state index in [0.29, 0.717) is 29.4 Å². The second kappa shape index (κ2) is 9.88. The summed E-state index contributed by atoms with van der Waals surface area (Å²) in [5.74, 6) is 1.02. The van der Waals surface area contributed by atoms with Crippen LogP contribution in [0.15, 0.2) is 48.5 Å². The number of fused-ring (bicyclic) bond motifs is 3. The van der Waals surface area contributed by atoms with Gasteiger partial charge in [0.25, 0.3) is 5.91 Å². The minimum Gasteiger partial charge on any atom is -0.497 e. The fourth-order valence-corrected chi connectivity index (χ4v) is 5.69. The van der Waals surface area contributed by atoms with E-state index in [1.807, 2.05) is 60.0 Å². The number of carbonyl (C=O) groups excluding carboxylic acids is 2. The monoisotopic (exact) mass is 489 g/mol. The summed E-state index contributed by atoms with van der Waals surface area (Å²) in [5.41, 5.74) is 0.947. The smallest absolute Gasteiger partial charge is 0.275 e. The molecule has 0 radical (unpaired) electrons. The van der Waals surface area contributed by atoms with Crippen LogP contribution < -0.4 is 19.7 Å². The Hall–Kier alpha value is -3.48. The van der Waals surface area contributed by atoms with E-state index < -0.39 is 5.54 Å². The lowest BCUT2D eigenvalue weighted by Crippen LogP contribution is -2.65. The molecule has 190 valence electrons. The highest BCUT2D eigenvalue weighted by Gasteiger charge is 2.49. The Labute approximate surface area is 212 Å². The Bertz CT molecular complexity index is 1270. The molecule has 1 aliphatic carbocycles. The summed E-state index contributed by atoms with van der Waals surface area (Å²) in [6.45, 7) is 2.21. The maximum absolute atomic E-state index is 14.1. The van der Waals surface area contributed by atoms with Crippen LogP contribution in [0.2, 0.25) is 0 Å². The van der Waals surface area contributed by atoms with E-state index in [4.69, 9.17) is 9.47 Å². The number of aromatic nitrogens is 1. The molecule has 2 aliphatic rings. The summed E-state index contributed by atoms with van der Waals surface area (Å²) in [5, 5.41) is 4.28. The summed E-state index contributed by atoms with van der Waals surface area (Å²) in [6.07, 6.45) is 7.87. The molecule has 2 aromatic carbocycles. The van der Waals surface area contributed by atoms with Crippen molar-refractivity contribution in [2.45, 2.75) is 70.0 Å². The summed E-state index contributed by atoms with van der Waals surface area (Å²) < 4.78 is 12.9. The number of anilines is 1. The van der Waals surface area contributed by atoms with Gasteiger partial charge in [-0.15, -0.1) is 0 Å². The molecule has 1 N–H and O–H groups in total. The summed E-state index contributed by atoms with van der Waals surface area (Å²) in [6, 6.07) is 15.2. The number of ether oxygens (including phenoxy) is 2. The Kier molecular flexibility index (Phi) is 6.65. The molecular weight excluding hydrogens is 454 g/mol. The summed E-state index contributed by atoms with van der Waals surface area (Å²) in [7, 11) is 3.23. The number of benzene rings is 2. The molecule has 3 aromatic rings. The number of methoxy groups -OCH3 is 2. The van der Waals surface area contributed by atoms with Gasteiger partial charge in [-0.05, 0) is 50.1 Å². The van der Waals surface area contributed by atoms with Crippen LogP contribution in [0, 0.1) is 0 Å². The van der Waals surface area contributed by atoms with Gasteiger partial charge in [0, 0.05) is 29.2 Å². The minimum atomic E-state index is -1.13. The topological polar surface area (TPSA) is 72.8 Å². The summed E-state index contributed by atoms with van der Waals surface area (Å²) >= 11 is 0. The lowest BCUT2D eigenvalue weighted by molar-refractivity contribution is -0.127. The van der Waals surface area contributed by atoms with Crippen molar-refractivity contribution in [3.63, 3.8) is 0 Å². The van der Waals surface area contributed by atoms with Crippen LogP contribution in [0.4, 0.5) is 5.69 Å². The normalized spacial score (nSPS) is 21.0. The van der Waals surface area contributed by atoms with Crippen LogP contribution in [0.1, 0.15) is 62.4 Å². The lowest BCUT2D eigenvalue weighted by atomic mass is 9.91. The molecule has 1 aliphatic heterocycles.